The second-order valence-corrected chi connectivity index (χ2v) is 6.78. The van der Waals surface area contributed by atoms with E-state index in [-0.39, 0.29) is 29.7 Å². The lowest BCUT2D eigenvalue weighted by molar-refractivity contribution is -0.0498. The van der Waals surface area contributed by atoms with Crippen LogP contribution in [0.15, 0.2) is 29.3 Å². The number of nitrogens with one attached hydrogen (secondary N) is 2. The number of halogens is 3. The number of nitrogens with zero attached hydrogens (tertiary/aromatic N) is 2. The highest BCUT2D eigenvalue weighted by Crippen LogP contribution is 2.15. The number of carbonyl (C=O) groups is 1. The first-order chi connectivity index (χ1) is 12.6. The van der Waals surface area contributed by atoms with Crippen LogP contribution in [-0.4, -0.2) is 56.4 Å². The van der Waals surface area contributed by atoms with Gasteiger partial charge in [-0.2, -0.15) is 8.78 Å². The number of amides is 1. The SMILES string of the molecule is CN=C(NCCNC(=O)OC(C)(C)C)N(C)Cc1ccc(OC(F)F)cc1.I. The van der Waals surface area contributed by atoms with Gasteiger partial charge in [0.05, 0.1) is 0 Å². The average molecular weight is 514 g/mol. The molecule has 0 aliphatic rings. The summed E-state index contributed by atoms with van der Waals surface area (Å²) in [5.74, 6) is 0.751. The summed E-state index contributed by atoms with van der Waals surface area (Å²) in [6.07, 6.45) is -0.473. The smallest absolute Gasteiger partial charge is 0.407 e. The second-order valence-electron chi connectivity index (χ2n) is 6.78. The number of guanidine groups is 1. The fourth-order valence-electron chi connectivity index (χ4n) is 2.16. The lowest BCUT2D eigenvalue weighted by Crippen LogP contribution is -2.43. The molecule has 0 aliphatic heterocycles. The molecule has 0 aromatic heterocycles. The first-order valence-electron chi connectivity index (χ1n) is 8.53. The zero-order chi connectivity index (χ0) is 20.4. The normalized spacial score (nSPS) is 11.5. The van der Waals surface area contributed by atoms with Gasteiger partial charge in [0.15, 0.2) is 5.96 Å². The number of benzene rings is 1. The van der Waals surface area contributed by atoms with E-state index in [1.807, 2.05) is 11.9 Å². The molecule has 0 radical (unpaired) electrons. The van der Waals surface area contributed by atoms with E-state index in [4.69, 9.17) is 4.74 Å². The molecule has 1 aromatic carbocycles. The van der Waals surface area contributed by atoms with Crippen LogP contribution in [0.1, 0.15) is 26.3 Å². The van der Waals surface area contributed by atoms with Crippen molar-refractivity contribution in [1.29, 1.82) is 0 Å². The number of hydrogen-bond donors (Lipinski definition) is 2. The van der Waals surface area contributed by atoms with Crippen molar-refractivity contribution in [2.45, 2.75) is 39.5 Å². The van der Waals surface area contributed by atoms with Crippen LogP contribution in [0.5, 0.6) is 5.75 Å². The molecule has 28 heavy (non-hydrogen) atoms. The molecular formula is C18H29F2IN4O3. The van der Waals surface area contributed by atoms with E-state index in [9.17, 15) is 13.6 Å². The minimum atomic E-state index is -2.84. The molecule has 0 fully saturated rings. The number of alkyl halides is 2. The Balaban J connectivity index is 0.00000729. The molecule has 1 amide bonds. The Labute approximate surface area is 181 Å². The Bertz CT molecular complexity index is 622. The predicted octanol–water partition coefficient (Wildman–Crippen LogP) is 3.44. The fraction of sp³-hybridized carbons (Fsp3) is 0.556. The third-order valence-electron chi connectivity index (χ3n) is 3.22. The molecule has 160 valence electrons. The summed E-state index contributed by atoms with van der Waals surface area (Å²) in [6.45, 7) is 3.93. The first kappa shape index (κ1) is 26.1. The lowest BCUT2D eigenvalue weighted by atomic mass is 10.2. The van der Waals surface area contributed by atoms with Crippen molar-refractivity contribution >= 4 is 36.0 Å². The van der Waals surface area contributed by atoms with Crippen LogP contribution in [0.3, 0.4) is 0 Å². The van der Waals surface area contributed by atoms with Crippen molar-refractivity contribution in [2.75, 3.05) is 27.2 Å². The van der Waals surface area contributed by atoms with E-state index in [0.717, 1.165) is 5.56 Å². The predicted molar refractivity (Wildman–Crippen MR) is 116 cm³/mol. The van der Waals surface area contributed by atoms with Crippen LogP contribution >= 0.6 is 24.0 Å². The monoisotopic (exact) mass is 514 g/mol. The van der Waals surface area contributed by atoms with E-state index in [0.29, 0.717) is 25.6 Å². The van der Waals surface area contributed by atoms with Crippen molar-refractivity contribution in [2.24, 2.45) is 4.99 Å². The molecule has 0 spiro atoms. The van der Waals surface area contributed by atoms with E-state index >= 15 is 0 Å². The lowest BCUT2D eigenvalue weighted by Gasteiger charge is -2.23. The third kappa shape index (κ3) is 11.1. The molecule has 0 heterocycles. The van der Waals surface area contributed by atoms with Gasteiger partial charge in [0.25, 0.3) is 0 Å². The number of alkyl carbamates (subject to hydrolysis) is 1. The molecule has 10 heteroatoms. The van der Waals surface area contributed by atoms with E-state index in [1.54, 1.807) is 40.0 Å². The standard InChI is InChI=1S/C18H28F2N4O3.HI/c1-18(2,3)27-17(25)23-11-10-22-16(21-4)24(5)12-13-6-8-14(9-7-13)26-15(19)20;/h6-9,15H,10-12H2,1-5H3,(H,21,22)(H,23,25);1H. The average Bonchev–Trinajstić information content (AvgIpc) is 2.54. The summed E-state index contributed by atoms with van der Waals surface area (Å²) in [5, 5.41) is 5.78. The van der Waals surface area contributed by atoms with Crippen LogP contribution in [-0.2, 0) is 11.3 Å². The molecule has 0 aliphatic carbocycles. The summed E-state index contributed by atoms with van der Waals surface area (Å²) in [5.41, 5.74) is 0.373. The summed E-state index contributed by atoms with van der Waals surface area (Å²) < 4.78 is 33.8. The molecule has 0 unspecified atom stereocenters. The Kier molecular flexibility index (Phi) is 11.7. The van der Waals surface area contributed by atoms with E-state index in [1.165, 1.54) is 12.1 Å². The van der Waals surface area contributed by atoms with Gasteiger partial charge in [0, 0.05) is 33.7 Å². The highest BCUT2D eigenvalue weighted by molar-refractivity contribution is 14.0. The van der Waals surface area contributed by atoms with Gasteiger partial charge >= 0.3 is 12.7 Å². The molecule has 0 saturated carbocycles. The van der Waals surface area contributed by atoms with Gasteiger partial charge in [0.2, 0.25) is 0 Å². The molecule has 7 nitrogen and oxygen atoms in total. The maximum absolute atomic E-state index is 12.2. The Hall–Kier alpha value is -1.85. The van der Waals surface area contributed by atoms with Gasteiger partial charge in [0.1, 0.15) is 11.4 Å². The van der Waals surface area contributed by atoms with Crippen molar-refractivity contribution in [3.8, 4) is 5.75 Å². The van der Waals surface area contributed by atoms with Crippen LogP contribution in [0.4, 0.5) is 13.6 Å². The van der Waals surface area contributed by atoms with Gasteiger partial charge in [-0.1, -0.05) is 12.1 Å². The first-order valence-corrected chi connectivity index (χ1v) is 8.53. The number of hydrogen-bond acceptors (Lipinski definition) is 4. The third-order valence-corrected chi connectivity index (χ3v) is 3.22. The maximum Gasteiger partial charge on any atom is 0.407 e. The Morgan fingerprint density at radius 2 is 1.75 bits per heavy atom. The van der Waals surface area contributed by atoms with Gasteiger partial charge in [-0.25, -0.2) is 4.79 Å². The fourth-order valence-corrected chi connectivity index (χ4v) is 2.16. The summed E-state index contributed by atoms with van der Waals surface area (Å²) >= 11 is 0. The highest BCUT2D eigenvalue weighted by atomic mass is 127. The molecule has 0 bridgehead atoms. The van der Waals surface area contributed by atoms with E-state index in [2.05, 4.69) is 20.4 Å². The van der Waals surface area contributed by atoms with Crippen molar-refractivity contribution < 1.29 is 23.0 Å². The van der Waals surface area contributed by atoms with E-state index < -0.39 is 18.3 Å². The summed E-state index contributed by atoms with van der Waals surface area (Å²) in [4.78, 5) is 17.6. The van der Waals surface area contributed by atoms with Gasteiger partial charge in [-0.05, 0) is 38.5 Å². The quantitative estimate of drug-likeness (QED) is 0.253. The number of carbonyl (C=O) groups excluding carboxylic acids is 1. The second kappa shape index (κ2) is 12.6. The molecule has 2 N–H and O–H groups in total. The Morgan fingerprint density at radius 1 is 1.18 bits per heavy atom. The molecule has 1 aromatic rings. The molecule has 1 rings (SSSR count). The van der Waals surface area contributed by atoms with Gasteiger partial charge in [-0.15, -0.1) is 24.0 Å². The Morgan fingerprint density at radius 3 is 2.25 bits per heavy atom. The summed E-state index contributed by atoms with van der Waals surface area (Å²) in [6, 6.07) is 6.42. The van der Waals surface area contributed by atoms with Crippen LogP contribution in [0.25, 0.3) is 0 Å². The zero-order valence-electron chi connectivity index (χ0n) is 16.8. The topological polar surface area (TPSA) is 75.2 Å². The maximum atomic E-state index is 12.2. The minimum Gasteiger partial charge on any atom is -0.444 e. The van der Waals surface area contributed by atoms with Crippen molar-refractivity contribution in [3.05, 3.63) is 29.8 Å². The van der Waals surface area contributed by atoms with Crippen molar-refractivity contribution in [1.82, 2.24) is 15.5 Å². The van der Waals surface area contributed by atoms with Crippen LogP contribution in [0, 0.1) is 0 Å². The largest absolute Gasteiger partial charge is 0.444 e. The van der Waals surface area contributed by atoms with Crippen LogP contribution in [0.2, 0.25) is 0 Å². The van der Waals surface area contributed by atoms with Gasteiger partial charge in [-0.3, -0.25) is 4.99 Å². The molecule has 0 saturated heterocycles. The highest BCUT2D eigenvalue weighted by Gasteiger charge is 2.15. The number of rotatable bonds is 7. The van der Waals surface area contributed by atoms with Crippen LogP contribution < -0.4 is 15.4 Å². The minimum absolute atomic E-state index is 0. The van der Waals surface area contributed by atoms with Crippen molar-refractivity contribution in [3.63, 3.8) is 0 Å². The number of aliphatic imine (C=N–C) groups is 1. The zero-order valence-corrected chi connectivity index (χ0v) is 19.1. The molecular weight excluding hydrogens is 485 g/mol. The van der Waals surface area contributed by atoms with Gasteiger partial charge < -0.3 is 25.0 Å². The molecule has 0 atom stereocenters. The number of ether oxygens (including phenoxy) is 2. The summed E-state index contributed by atoms with van der Waals surface area (Å²) in [7, 11) is 3.50.